The van der Waals surface area contributed by atoms with E-state index in [1.807, 2.05) is 0 Å². The molecule has 0 bridgehead atoms. The summed E-state index contributed by atoms with van der Waals surface area (Å²) >= 11 is 0. The average Bonchev–Trinajstić information content (AvgIpc) is 2.45. The molecule has 0 heterocycles. The Hall–Kier alpha value is -1.88. The molecule has 1 rings (SSSR count). The van der Waals surface area contributed by atoms with Crippen LogP contribution in [-0.2, 0) is 9.59 Å². The predicted molar refractivity (Wildman–Crippen MR) is 88.1 cm³/mol. The molecule has 1 aromatic rings. The minimum atomic E-state index is -0.293. The van der Waals surface area contributed by atoms with Crippen LogP contribution in [0.15, 0.2) is 24.3 Å². The molecule has 1 atom stereocenters. The van der Waals surface area contributed by atoms with Gasteiger partial charge in [0, 0.05) is 13.0 Å². The van der Waals surface area contributed by atoms with Crippen molar-refractivity contribution in [2.75, 3.05) is 6.54 Å². The highest BCUT2D eigenvalue weighted by Crippen LogP contribution is 2.23. The van der Waals surface area contributed by atoms with E-state index in [9.17, 15) is 9.59 Å². The standard InChI is InChI=1S/C17H27N3O2/c1-11(2)14-6-8-15(9-7-14)17(12(3)4)18-10-16(22)20-19-13(5)21/h6-9,11-12,17-18H,10H2,1-5H3,(H,19,21)(H,20,22)/t17-/m1/s1. The third-order valence-corrected chi connectivity index (χ3v) is 3.49. The lowest BCUT2D eigenvalue weighted by Crippen LogP contribution is -2.45. The van der Waals surface area contributed by atoms with Gasteiger partial charge in [0.2, 0.25) is 5.91 Å². The molecule has 0 radical (unpaired) electrons. The number of carbonyl (C=O) groups is 2. The monoisotopic (exact) mass is 305 g/mol. The second kappa shape index (κ2) is 8.54. The number of nitrogens with one attached hydrogen (secondary N) is 3. The number of hydrazine groups is 1. The van der Waals surface area contributed by atoms with Gasteiger partial charge in [0.25, 0.3) is 5.91 Å². The largest absolute Gasteiger partial charge is 0.301 e. The zero-order chi connectivity index (χ0) is 16.7. The molecule has 5 heteroatoms. The van der Waals surface area contributed by atoms with Crippen LogP contribution in [0.4, 0.5) is 0 Å². The first-order valence-electron chi connectivity index (χ1n) is 7.70. The topological polar surface area (TPSA) is 70.2 Å². The Morgan fingerprint density at radius 1 is 0.955 bits per heavy atom. The van der Waals surface area contributed by atoms with Gasteiger partial charge in [0.05, 0.1) is 6.54 Å². The van der Waals surface area contributed by atoms with Crippen molar-refractivity contribution >= 4 is 11.8 Å². The molecule has 0 aromatic heterocycles. The van der Waals surface area contributed by atoms with Crippen molar-refractivity contribution in [3.8, 4) is 0 Å². The van der Waals surface area contributed by atoms with Crippen LogP contribution in [0.3, 0.4) is 0 Å². The average molecular weight is 305 g/mol. The molecule has 2 amide bonds. The van der Waals surface area contributed by atoms with E-state index in [1.165, 1.54) is 12.5 Å². The van der Waals surface area contributed by atoms with Crippen molar-refractivity contribution in [3.05, 3.63) is 35.4 Å². The molecular weight excluding hydrogens is 278 g/mol. The van der Waals surface area contributed by atoms with Gasteiger partial charge in [-0.3, -0.25) is 20.4 Å². The fraction of sp³-hybridized carbons (Fsp3) is 0.529. The van der Waals surface area contributed by atoms with E-state index in [1.54, 1.807) is 0 Å². The third kappa shape index (κ3) is 5.85. The normalized spacial score (nSPS) is 12.3. The molecule has 0 aliphatic carbocycles. The molecule has 0 aliphatic rings. The van der Waals surface area contributed by atoms with Gasteiger partial charge >= 0.3 is 0 Å². The summed E-state index contributed by atoms with van der Waals surface area (Å²) in [7, 11) is 0. The van der Waals surface area contributed by atoms with E-state index in [0.717, 1.165) is 5.56 Å². The number of carbonyl (C=O) groups excluding carboxylic acids is 2. The molecule has 5 nitrogen and oxygen atoms in total. The summed E-state index contributed by atoms with van der Waals surface area (Å²) < 4.78 is 0. The maximum absolute atomic E-state index is 11.7. The zero-order valence-corrected chi connectivity index (χ0v) is 14.1. The summed E-state index contributed by atoms with van der Waals surface area (Å²) in [5.41, 5.74) is 7.09. The molecule has 122 valence electrons. The molecule has 22 heavy (non-hydrogen) atoms. The highest BCUT2D eigenvalue weighted by atomic mass is 16.2. The number of rotatable bonds is 6. The number of hydrogen-bond acceptors (Lipinski definition) is 3. The van der Waals surface area contributed by atoms with Crippen molar-refractivity contribution in [2.24, 2.45) is 5.92 Å². The van der Waals surface area contributed by atoms with Crippen LogP contribution in [0.25, 0.3) is 0 Å². The maximum Gasteiger partial charge on any atom is 0.252 e. The van der Waals surface area contributed by atoms with Crippen molar-refractivity contribution in [1.29, 1.82) is 0 Å². The fourth-order valence-corrected chi connectivity index (χ4v) is 2.23. The third-order valence-electron chi connectivity index (χ3n) is 3.49. The van der Waals surface area contributed by atoms with Gasteiger partial charge in [-0.05, 0) is 23.0 Å². The number of benzene rings is 1. The van der Waals surface area contributed by atoms with Gasteiger partial charge in [0.1, 0.15) is 0 Å². The van der Waals surface area contributed by atoms with Gasteiger partial charge in [0.15, 0.2) is 0 Å². The molecule has 0 fully saturated rings. The van der Waals surface area contributed by atoms with Crippen LogP contribution in [0.5, 0.6) is 0 Å². The van der Waals surface area contributed by atoms with Crippen molar-refractivity contribution in [1.82, 2.24) is 16.2 Å². The van der Waals surface area contributed by atoms with E-state index < -0.39 is 0 Å². The summed E-state index contributed by atoms with van der Waals surface area (Å²) in [5.74, 6) is 0.291. The van der Waals surface area contributed by atoms with E-state index in [0.29, 0.717) is 11.8 Å². The zero-order valence-electron chi connectivity index (χ0n) is 14.1. The Balaban J connectivity index is 2.65. The second-order valence-electron chi connectivity index (χ2n) is 6.15. The predicted octanol–water partition coefficient (Wildman–Crippen LogP) is 2.26. The Morgan fingerprint density at radius 2 is 1.50 bits per heavy atom. The van der Waals surface area contributed by atoms with Crippen LogP contribution in [-0.4, -0.2) is 18.4 Å². The smallest absolute Gasteiger partial charge is 0.252 e. The van der Waals surface area contributed by atoms with Crippen molar-refractivity contribution in [2.45, 2.75) is 46.6 Å². The Bertz CT molecular complexity index is 495. The summed E-state index contributed by atoms with van der Waals surface area (Å²) in [6.07, 6.45) is 0. The SMILES string of the molecule is CC(=O)NNC(=O)CN[C@@H](c1ccc(C(C)C)cc1)C(C)C. The van der Waals surface area contributed by atoms with Gasteiger partial charge in [-0.25, -0.2) is 0 Å². The number of hydrogen-bond donors (Lipinski definition) is 3. The maximum atomic E-state index is 11.7. The molecule has 0 saturated carbocycles. The lowest BCUT2D eigenvalue weighted by molar-refractivity contribution is -0.127. The van der Waals surface area contributed by atoms with Gasteiger partial charge in [-0.15, -0.1) is 0 Å². The first kappa shape index (κ1) is 18.2. The lowest BCUT2D eigenvalue weighted by atomic mass is 9.93. The van der Waals surface area contributed by atoms with Crippen LogP contribution in [0.1, 0.15) is 57.7 Å². The highest BCUT2D eigenvalue weighted by molar-refractivity contribution is 5.81. The summed E-state index contributed by atoms with van der Waals surface area (Å²) in [6.45, 7) is 10.1. The second-order valence-corrected chi connectivity index (χ2v) is 6.15. The molecule has 3 N–H and O–H groups in total. The highest BCUT2D eigenvalue weighted by Gasteiger charge is 2.16. The first-order chi connectivity index (χ1) is 10.3. The van der Waals surface area contributed by atoms with Gasteiger partial charge < -0.3 is 5.32 Å². The van der Waals surface area contributed by atoms with Crippen molar-refractivity contribution in [3.63, 3.8) is 0 Å². The number of amides is 2. The van der Waals surface area contributed by atoms with Crippen LogP contribution >= 0.6 is 0 Å². The van der Waals surface area contributed by atoms with Gasteiger partial charge in [-0.2, -0.15) is 0 Å². The molecular formula is C17H27N3O2. The first-order valence-corrected chi connectivity index (χ1v) is 7.70. The lowest BCUT2D eigenvalue weighted by Gasteiger charge is -2.23. The minimum Gasteiger partial charge on any atom is -0.301 e. The molecule has 0 unspecified atom stereocenters. The fourth-order valence-electron chi connectivity index (χ4n) is 2.23. The van der Waals surface area contributed by atoms with E-state index in [2.05, 4.69) is 68.1 Å². The molecule has 0 saturated heterocycles. The summed E-state index contributed by atoms with van der Waals surface area (Å²) in [6, 6.07) is 8.57. The minimum absolute atomic E-state index is 0.0873. The summed E-state index contributed by atoms with van der Waals surface area (Å²) in [5, 5.41) is 3.24. The van der Waals surface area contributed by atoms with Crippen LogP contribution in [0.2, 0.25) is 0 Å². The molecule has 0 aliphatic heterocycles. The Kier molecular flexibility index (Phi) is 7.05. The van der Waals surface area contributed by atoms with Crippen molar-refractivity contribution < 1.29 is 9.59 Å². The van der Waals surface area contributed by atoms with E-state index >= 15 is 0 Å². The molecule has 0 spiro atoms. The Labute approximate surface area is 132 Å². The summed E-state index contributed by atoms with van der Waals surface area (Å²) in [4.78, 5) is 22.4. The molecule has 1 aromatic carbocycles. The van der Waals surface area contributed by atoms with Gasteiger partial charge in [-0.1, -0.05) is 52.0 Å². The Morgan fingerprint density at radius 3 is 1.95 bits per heavy atom. The van der Waals surface area contributed by atoms with Crippen LogP contribution < -0.4 is 16.2 Å². The quantitative estimate of drug-likeness (QED) is 0.706. The van der Waals surface area contributed by atoms with Crippen LogP contribution in [0, 0.1) is 5.92 Å². The van der Waals surface area contributed by atoms with E-state index in [-0.39, 0.29) is 24.4 Å². The van der Waals surface area contributed by atoms with E-state index in [4.69, 9.17) is 0 Å².